The molecule has 0 radical (unpaired) electrons. The van der Waals surface area contributed by atoms with Gasteiger partial charge in [-0.25, -0.2) is 4.98 Å². The Balaban J connectivity index is 1.32. The van der Waals surface area contributed by atoms with Crippen LogP contribution in [0, 0.1) is 24.7 Å². The number of nitrogens with zero attached hydrogens (tertiary/aromatic N) is 2. The maximum atomic E-state index is 4.24. The lowest BCUT2D eigenvalue weighted by Gasteiger charge is -2.18. The number of imidazole rings is 1. The van der Waals surface area contributed by atoms with Crippen molar-refractivity contribution < 1.29 is 0 Å². The molecule has 0 aromatic carbocycles. The summed E-state index contributed by atoms with van der Waals surface area (Å²) in [6.07, 6.45) is 12.8. The third-order valence-corrected chi connectivity index (χ3v) is 4.50. The highest BCUT2D eigenvalue weighted by Crippen LogP contribution is 2.42. The van der Waals surface area contributed by atoms with Crippen LogP contribution in [0.3, 0.4) is 0 Å². The van der Waals surface area contributed by atoms with Crippen molar-refractivity contribution in [2.24, 2.45) is 17.8 Å². The molecule has 2 aliphatic rings. The van der Waals surface area contributed by atoms with E-state index in [0.717, 1.165) is 36.7 Å². The summed E-state index contributed by atoms with van der Waals surface area (Å²) in [5.74, 6) is 3.79. The predicted molar refractivity (Wildman–Crippen MR) is 73.3 cm³/mol. The molecule has 18 heavy (non-hydrogen) atoms. The quantitative estimate of drug-likeness (QED) is 0.616. The second kappa shape index (κ2) is 5.27. The van der Waals surface area contributed by atoms with E-state index in [1.165, 1.54) is 25.8 Å². The van der Waals surface area contributed by atoms with Crippen molar-refractivity contribution in [2.75, 3.05) is 13.1 Å². The molecule has 0 aliphatic heterocycles. The van der Waals surface area contributed by atoms with Crippen molar-refractivity contribution in [3.63, 3.8) is 0 Å². The van der Waals surface area contributed by atoms with Crippen LogP contribution in [0.25, 0.3) is 0 Å². The van der Waals surface area contributed by atoms with Gasteiger partial charge in [-0.15, -0.1) is 0 Å². The first kappa shape index (κ1) is 12.0. The van der Waals surface area contributed by atoms with E-state index in [2.05, 4.69) is 40.1 Å². The van der Waals surface area contributed by atoms with Crippen LogP contribution in [0.1, 0.15) is 25.1 Å². The molecule has 1 fully saturated rings. The number of fused-ring (bicyclic) bond motifs is 2. The molecular formula is C15H23N3. The summed E-state index contributed by atoms with van der Waals surface area (Å²) in [6.45, 7) is 5.47. The fraction of sp³-hybridized carbons (Fsp3) is 0.667. The molecule has 3 rings (SSSR count). The zero-order chi connectivity index (χ0) is 12.4. The fourth-order valence-corrected chi connectivity index (χ4v) is 3.43. The maximum Gasteiger partial charge on any atom is 0.105 e. The van der Waals surface area contributed by atoms with Crippen molar-refractivity contribution in [1.82, 2.24) is 14.9 Å². The number of allylic oxidation sites excluding steroid dienone is 2. The number of hydrogen-bond donors (Lipinski definition) is 1. The Morgan fingerprint density at radius 1 is 1.39 bits per heavy atom. The topological polar surface area (TPSA) is 29.9 Å². The number of rotatable bonds is 6. The summed E-state index contributed by atoms with van der Waals surface area (Å²) in [5, 5.41) is 3.63. The van der Waals surface area contributed by atoms with Gasteiger partial charge in [0.05, 0.1) is 0 Å². The second-order valence-corrected chi connectivity index (χ2v) is 5.77. The number of aromatic nitrogens is 2. The van der Waals surface area contributed by atoms with E-state index >= 15 is 0 Å². The highest BCUT2D eigenvalue weighted by Gasteiger charge is 2.34. The van der Waals surface area contributed by atoms with Gasteiger partial charge in [0.25, 0.3) is 0 Å². The molecule has 0 amide bonds. The van der Waals surface area contributed by atoms with Crippen molar-refractivity contribution >= 4 is 0 Å². The molecule has 1 heterocycles. The summed E-state index contributed by atoms with van der Waals surface area (Å²) in [5.41, 5.74) is 0. The fourth-order valence-electron chi connectivity index (χ4n) is 3.43. The van der Waals surface area contributed by atoms with E-state index < -0.39 is 0 Å². The van der Waals surface area contributed by atoms with Crippen LogP contribution in [0.2, 0.25) is 0 Å². The van der Waals surface area contributed by atoms with E-state index in [1.807, 2.05) is 6.20 Å². The monoisotopic (exact) mass is 245 g/mol. The zero-order valence-corrected chi connectivity index (χ0v) is 11.2. The molecule has 1 saturated carbocycles. The molecular weight excluding hydrogens is 222 g/mol. The second-order valence-electron chi connectivity index (χ2n) is 5.77. The van der Waals surface area contributed by atoms with Crippen LogP contribution >= 0.6 is 0 Å². The highest BCUT2D eigenvalue weighted by molar-refractivity contribution is 5.10. The average molecular weight is 245 g/mol. The van der Waals surface area contributed by atoms with E-state index in [-0.39, 0.29) is 0 Å². The predicted octanol–water partition coefficient (Wildman–Crippen LogP) is 2.38. The van der Waals surface area contributed by atoms with Gasteiger partial charge in [0.2, 0.25) is 0 Å². The molecule has 1 aromatic rings. The summed E-state index contributed by atoms with van der Waals surface area (Å²) < 4.78 is 2.22. The van der Waals surface area contributed by atoms with Crippen LogP contribution in [0.15, 0.2) is 24.5 Å². The normalized spacial score (nSPS) is 29.3. The minimum Gasteiger partial charge on any atom is -0.335 e. The summed E-state index contributed by atoms with van der Waals surface area (Å²) in [7, 11) is 0. The molecule has 2 aliphatic carbocycles. The van der Waals surface area contributed by atoms with Gasteiger partial charge in [-0.1, -0.05) is 12.2 Å². The lowest BCUT2D eigenvalue weighted by atomic mass is 9.94. The van der Waals surface area contributed by atoms with Gasteiger partial charge in [0, 0.05) is 18.9 Å². The molecule has 1 N–H and O–H groups in total. The average Bonchev–Trinajstić information content (AvgIpc) is 3.06. The molecule has 3 atom stereocenters. The van der Waals surface area contributed by atoms with Gasteiger partial charge in [-0.05, 0) is 57.0 Å². The van der Waals surface area contributed by atoms with Gasteiger partial charge >= 0.3 is 0 Å². The smallest absolute Gasteiger partial charge is 0.105 e. The molecule has 0 saturated heterocycles. The number of hydrogen-bond acceptors (Lipinski definition) is 2. The standard InChI is InChI=1S/C15H23N3/c1-12-17-6-8-18(12)7-2-5-16-11-15-10-13-3-4-14(15)9-13/h3-4,6,8,13-16H,2,5,7,9-11H2,1H3/t13-,14+,15-/m1/s1. The van der Waals surface area contributed by atoms with Gasteiger partial charge in [-0.2, -0.15) is 0 Å². The minimum absolute atomic E-state index is 0.874. The van der Waals surface area contributed by atoms with Gasteiger partial charge in [0.1, 0.15) is 5.82 Å². The third kappa shape index (κ3) is 2.51. The Kier molecular flexibility index (Phi) is 3.50. The SMILES string of the molecule is Cc1nccn1CCCNC[C@H]1C[C@@H]2C=C[C@H]1C2. The lowest BCUT2D eigenvalue weighted by molar-refractivity contribution is 0.409. The minimum atomic E-state index is 0.874. The first-order valence-electron chi connectivity index (χ1n) is 7.19. The van der Waals surface area contributed by atoms with Crippen molar-refractivity contribution in [2.45, 2.75) is 32.7 Å². The van der Waals surface area contributed by atoms with Gasteiger partial charge in [0.15, 0.2) is 0 Å². The highest BCUT2D eigenvalue weighted by atomic mass is 15.1. The number of nitrogens with one attached hydrogen (secondary N) is 1. The van der Waals surface area contributed by atoms with E-state index in [0.29, 0.717) is 0 Å². The first-order valence-corrected chi connectivity index (χ1v) is 7.19. The molecule has 98 valence electrons. The molecule has 0 unspecified atom stereocenters. The van der Waals surface area contributed by atoms with Crippen molar-refractivity contribution in [3.05, 3.63) is 30.4 Å². The molecule has 3 nitrogen and oxygen atoms in total. The molecule has 1 aromatic heterocycles. The van der Waals surface area contributed by atoms with Gasteiger partial charge < -0.3 is 9.88 Å². The van der Waals surface area contributed by atoms with Crippen LogP contribution < -0.4 is 5.32 Å². The van der Waals surface area contributed by atoms with E-state index in [9.17, 15) is 0 Å². The van der Waals surface area contributed by atoms with Crippen LogP contribution in [0.4, 0.5) is 0 Å². The van der Waals surface area contributed by atoms with E-state index in [1.54, 1.807) is 0 Å². The molecule has 0 spiro atoms. The zero-order valence-electron chi connectivity index (χ0n) is 11.2. The Bertz CT molecular complexity index is 421. The van der Waals surface area contributed by atoms with Crippen molar-refractivity contribution in [3.8, 4) is 0 Å². The van der Waals surface area contributed by atoms with Crippen LogP contribution in [-0.4, -0.2) is 22.6 Å². The Hall–Kier alpha value is -1.09. The third-order valence-electron chi connectivity index (χ3n) is 4.50. The Morgan fingerprint density at radius 3 is 3.00 bits per heavy atom. The summed E-state index contributed by atoms with van der Waals surface area (Å²) in [6, 6.07) is 0. The van der Waals surface area contributed by atoms with Crippen molar-refractivity contribution in [1.29, 1.82) is 0 Å². The number of aryl methyl sites for hydroxylation is 2. The summed E-state index contributed by atoms with van der Waals surface area (Å²) >= 11 is 0. The Labute approximate surface area is 109 Å². The van der Waals surface area contributed by atoms with Crippen LogP contribution in [0.5, 0.6) is 0 Å². The molecule has 3 heteroatoms. The largest absolute Gasteiger partial charge is 0.335 e. The Morgan fingerprint density at radius 2 is 2.33 bits per heavy atom. The summed E-state index contributed by atoms with van der Waals surface area (Å²) in [4.78, 5) is 4.24. The van der Waals surface area contributed by atoms with Gasteiger partial charge in [-0.3, -0.25) is 0 Å². The first-order chi connectivity index (χ1) is 8.83. The van der Waals surface area contributed by atoms with Crippen LogP contribution in [-0.2, 0) is 6.54 Å². The van der Waals surface area contributed by atoms with E-state index in [4.69, 9.17) is 0 Å². The maximum absolute atomic E-state index is 4.24. The molecule has 2 bridgehead atoms. The lowest BCUT2D eigenvalue weighted by Crippen LogP contribution is -2.26.